The SMILES string of the molecule is Cl.O=C(C1CC12CCOc1ccccc12)N1CCC2(CCNC2)CC1. The summed E-state index contributed by atoms with van der Waals surface area (Å²) >= 11 is 0. The largest absolute Gasteiger partial charge is 0.493 e. The molecule has 25 heavy (non-hydrogen) atoms. The molecule has 5 rings (SSSR count). The van der Waals surface area contributed by atoms with E-state index in [9.17, 15) is 4.79 Å². The van der Waals surface area contributed by atoms with E-state index in [4.69, 9.17) is 4.74 Å². The fraction of sp³-hybridized carbons (Fsp3) is 0.650. The van der Waals surface area contributed by atoms with Crippen LogP contribution in [-0.4, -0.2) is 43.6 Å². The quantitative estimate of drug-likeness (QED) is 0.835. The number of ether oxygens (including phenoxy) is 1. The maximum atomic E-state index is 13.1. The van der Waals surface area contributed by atoms with E-state index < -0.39 is 0 Å². The lowest BCUT2D eigenvalue weighted by Gasteiger charge is -2.39. The molecule has 136 valence electrons. The molecule has 3 aliphatic heterocycles. The molecule has 0 radical (unpaired) electrons. The fourth-order valence-electron chi connectivity index (χ4n) is 5.33. The molecule has 5 heteroatoms. The normalized spacial score (nSPS) is 32.0. The first kappa shape index (κ1) is 17.2. The Balaban J connectivity index is 0.00000157. The molecular weight excluding hydrogens is 336 g/mol. The van der Waals surface area contributed by atoms with Crippen LogP contribution < -0.4 is 10.1 Å². The van der Waals surface area contributed by atoms with Gasteiger partial charge in [0.1, 0.15) is 5.75 Å². The molecule has 2 spiro atoms. The van der Waals surface area contributed by atoms with Crippen LogP contribution in [0.5, 0.6) is 5.75 Å². The van der Waals surface area contributed by atoms with Crippen LogP contribution in [0, 0.1) is 11.3 Å². The minimum Gasteiger partial charge on any atom is -0.493 e. The summed E-state index contributed by atoms with van der Waals surface area (Å²) in [6.07, 6.45) is 5.63. The topological polar surface area (TPSA) is 41.6 Å². The van der Waals surface area contributed by atoms with Gasteiger partial charge in [0.2, 0.25) is 5.91 Å². The highest BCUT2D eigenvalue weighted by molar-refractivity contribution is 5.85. The number of benzene rings is 1. The van der Waals surface area contributed by atoms with Crippen molar-refractivity contribution in [3.05, 3.63) is 29.8 Å². The monoisotopic (exact) mass is 362 g/mol. The molecule has 1 aromatic carbocycles. The van der Waals surface area contributed by atoms with Crippen LogP contribution in [0.15, 0.2) is 24.3 Å². The Labute approximate surface area is 155 Å². The summed E-state index contributed by atoms with van der Waals surface area (Å²) in [6, 6.07) is 8.31. The maximum Gasteiger partial charge on any atom is 0.226 e. The van der Waals surface area contributed by atoms with E-state index >= 15 is 0 Å². The summed E-state index contributed by atoms with van der Waals surface area (Å²) in [7, 11) is 0. The van der Waals surface area contributed by atoms with Crippen molar-refractivity contribution >= 4 is 18.3 Å². The van der Waals surface area contributed by atoms with Crippen LogP contribution in [0.1, 0.15) is 37.7 Å². The Hall–Kier alpha value is -1.26. The Morgan fingerprint density at radius 3 is 2.72 bits per heavy atom. The number of amides is 1. The molecule has 2 unspecified atom stereocenters. The number of nitrogens with one attached hydrogen (secondary N) is 1. The average Bonchev–Trinajstić information content (AvgIpc) is 3.16. The van der Waals surface area contributed by atoms with Crippen molar-refractivity contribution in [3.63, 3.8) is 0 Å². The van der Waals surface area contributed by atoms with E-state index in [0.29, 0.717) is 11.3 Å². The summed E-state index contributed by atoms with van der Waals surface area (Å²) in [5.74, 6) is 1.57. The number of para-hydroxylation sites is 1. The van der Waals surface area contributed by atoms with Gasteiger partial charge >= 0.3 is 0 Å². The van der Waals surface area contributed by atoms with Crippen molar-refractivity contribution in [2.75, 3.05) is 32.8 Å². The number of fused-ring (bicyclic) bond motifs is 2. The third-order valence-corrected chi connectivity index (χ3v) is 7.07. The van der Waals surface area contributed by atoms with Gasteiger partial charge in [-0.3, -0.25) is 4.79 Å². The number of hydrogen-bond donors (Lipinski definition) is 1. The molecule has 1 amide bonds. The molecule has 3 fully saturated rings. The smallest absolute Gasteiger partial charge is 0.226 e. The lowest BCUT2D eigenvalue weighted by Crippen LogP contribution is -2.45. The first-order chi connectivity index (χ1) is 11.7. The zero-order valence-corrected chi connectivity index (χ0v) is 15.4. The molecular formula is C20H27ClN2O2. The van der Waals surface area contributed by atoms with Crippen molar-refractivity contribution in [2.45, 2.75) is 37.5 Å². The minimum atomic E-state index is 0. The van der Waals surface area contributed by atoms with Crippen LogP contribution in [0.4, 0.5) is 0 Å². The zero-order valence-electron chi connectivity index (χ0n) is 14.6. The van der Waals surface area contributed by atoms with E-state index in [2.05, 4.69) is 22.3 Å². The molecule has 4 nitrogen and oxygen atoms in total. The number of carbonyl (C=O) groups excluding carboxylic acids is 1. The number of hydrogen-bond acceptors (Lipinski definition) is 3. The second kappa shape index (κ2) is 6.17. The van der Waals surface area contributed by atoms with Gasteiger partial charge in [-0.15, -0.1) is 12.4 Å². The molecule has 1 saturated carbocycles. The summed E-state index contributed by atoms with van der Waals surface area (Å²) in [5, 5.41) is 3.50. The summed E-state index contributed by atoms with van der Waals surface area (Å²) < 4.78 is 5.80. The molecule has 2 saturated heterocycles. The van der Waals surface area contributed by atoms with Crippen LogP contribution >= 0.6 is 12.4 Å². The molecule has 0 aromatic heterocycles. The van der Waals surface area contributed by atoms with Crippen LogP contribution in [0.3, 0.4) is 0 Å². The van der Waals surface area contributed by atoms with E-state index in [1.807, 2.05) is 12.1 Å². The van der Waals surface area contributed by atoms with Crippen molar-refractivity contribution in [1.29, 1.82) is 0 Å². The van der Waals surface area contributed by atoms with Crippen molar-refractivity contribution in [2.24, 2.45) is 11.3 Å². The highest BCUT2D eigenvalue weighted by Gasteiger charge is 2.62. The molecule has 1 aliphatic carbocycles. The van der Waals surface area contributed by atoms with Gasteiger partial charge in [-0.2, -0.15) is 0 Å². The number of carbonyl (C=O) groups is 1. The predicted octanol–water partition coefficient (Wildman–Crippen LogP) is 2.75. The lowest BCUT2D eigenvalue weighted by atomic mass is 9.77. The summed E-state index contributed by atoms with van der Waals surface area (Å²) in [5.41, 5.74) is 1.81. The van der Waals surface area contributed by atoms with Gasteiger partial charge in [0.15, 0.2) is 0 Å². The average molecular weight is 363 g/mol. The summed E-state index contributed by atoms with van der Waals surface area (Å²) in [6.45, 7) is 4.94. The number of halogens is 1. The zero-order chi connectivity index (χ0) is 16.2. The van der Waals surface area contributed by atoms with Gasteiger partial charge in [0.05, 0.1) is 6.61 Å². The molecule has 0 bridgehead atoms. The first-order valence-corrected chi connectivity index (χ1v) is 9.44. The third kappa shape index (κ3) is 2.65. The van der Waals surface area contributed by atoms with E-state index in [0.717, 1.165) is 51.4 Å². The molecule has 3 heterocycles. The number of piperidine rings is 1. The second-order valence-corrected chi connectivity index (χ2v) is 8.26. The second-order valence-electron chi connectivity index (χ2n) is 8.26. The van der Waals surface area contributed by atoms with E-state index in [1.54, 1.807) is 0 Å². The summed E-state index contributed by atoms with van der Waals surface area (Å²) in [4.78, 5) is 15.3. The van der Waals surface area contributed by atoms with E-state index in [1.165, 1.54) is 24.8 Å². The van der Waals surface area contributed by atoms with Crippen molar-refractivity contribution < 1.29 is 9.53 Å². The van der Waals surface area contributed by atoms with Gasteiger partial charge in [0.25, 0.3) is 0 Å². The van der Waals surface area contributed by atoms with Gasteiger partial charge in [0, 0.05) is 36.5 Å². The van der Waals surface area contributed by atoms with Crippen LogP contribution in [-0.2, 0) is 10.2 Å². The highest BCUT2D eigenvalue weighted by atomic mass is 35.5. The van der Waals surface area contributed by atoms with E-state index in [-0.39, 0.29) is 23.7 Å². The van der Waals surface area contributed by atoms with Crippen molar-refractivity contribution in [3.8, 4) is 5.75 Å². The molecule has 1 aromatic rings. The van der Waals surface area contributed by atoms with Gasteiger partial charge in [-0.1, -0.05) is 18.2 Å². The molecule has 4 aliphatic rings. The Kier molecular flexibility index (Phi) is 4.24. The highest BCUT2D eigenvalue weighted by Crippen LogP contribution is 2.61. The predicted molar refractivity (Wildman–Crippen MR) is 99.3 cm³/mol. The van der Waals surface area contributed by atoms with Crippen LogP contribution in [0.25, 0.3) is 0 Å². The molecule has 1 N–H and O–H groups in total. The Morgan fingerprint density at radius 1 is 1.16 bits per heavy atom. The van der Waals surface area contributed by atoms with Crippen LogP contribution in [0.2, 0.25) is 0 Å². The fourth-order valence-corrected chi connectivity index (χ4v) is 5.33. The number of nitrogens with zero attached hydrogens (tertiary/aromatic N) is 1. The minimum absolute atomic E-state index is 0. The molecule has 2 atom stereocenters. The number of rotatable bonds is 1. The first-order valence-electron chi connectivity index (χ1n) is 9.44. The Morgan fingerprint density at radius 2 is 1.96 bits per heavy atom. The van der Waals surface area contributed by atoms with Gasteiger partial charge in [-0.25, -0.2) is 0 Å². The van der Waals surface area contributed by atoms with Crippen molar-refractivity contribution in [1.82, 2.24) is 10.2 Å². The third-order valence-electron chi connectivity index (χ3n) is 7.07. The Bertz CT molecular complexity index is 663. The van der Waals surface area contributed by atoms with Gasteiger partial charge in [-0.05, 0) is 50.1 Å². The number of likely N-dealkylation sites (tertiary alicyclic amines) is 1. The lowest BCUT2D eigenvalue weighted by molar-refractivity contribution is -0.135. The standard InChI is InChI=1S/C20H26N2O2.ClH/c23-18(22-10-6-19(7-11-22)5-9-21-14-19)16-13-20(16)8-12-24-17-4-2-1-3-15(17)20;/h1-4,16,21H,5-14H2;1H. The van der Waals surface area contributed by atoms with Gasteiger partial charge < -0.3 is 15.0 Å². The maximum absolute atomic E-state index is 13.1.